The maximum Gasteiger partial charge on any atom is 0.233 e. The lowest BCUT2D eigenvalue weighted by molar-refractivity contribution is -0.120. The number of hydrogen-bond donors (Lipinski definition) is 1. The average molecular weight is 330 g/mol. The predicted molar refractivity (Wildman–Crippen MR) is 82.3 cm³/mol. The molecule has 1 atom stereocenters. The predicted octanol–water partition coefficient (Wildman–Crippen LogP) is 4.38. The molecule has 2 aromatic rings. The molecule has 0 saturated heterocycles. The second-order valence-corrected chi connectivity index (χ2v) is 6.36. The van der Waals surface area contributed by atoms with Gasteiger partial charge in [-0.1, -0.05) is 23.2 Å². The van der Waals surface area contributed by atoms with Crippen molar-refractivity contribution in [3.8, 4) is 0 Å². The minimum absolute atomic E-state index is 0.0811. The molecule has 1 aromatic heterocycles. The Kier molecular flexibility index (Phi) is 5.40. The highest BCUT2D eigenvalue weighted by molar-refractivity contribution is 8.00. The van der Waals surface area contributed by atoms with Crippen LogP contribution < -0.4 is 5.32 Å². The van der Waals surface area contributed by atoms with Crippen molar-refractivity contribution in [1.29, 1.82) is 0 Å². The summed E-state index contributed by atoms with van der Waals surface area (Å²) in [5, 5.41) is 3.72. The molecule has 0 aliphatic carbocycles. The van der Waals surface area contributed by atoms with Gasteiger partial charge in [-0.05, 0) is 37.3 Å². The van der Waals surface area contributed by atoms with Crippen LogP contribution in [0.1, 0.15) is 12.7 Å². The van der Waals surface area contributed by atoms with Crippen LogP contribution in [0.25, 0.3) is 0 Å². The van der Waals surface area contributed by atoms with Gasteiger partial charge < -0.3 is 9.73 Å². The molecular weight excluding hydrogens is 317 g/mol. The minimum atomic E-state index is -0.277. The fourth-order valence-corrected chi connectivity index (χ4v) is 2.98. The second-order valence-electron chi connectivity index (χ2n) is 4.13. The molecule has 0 aliphatic rings. The van der Waals surface area contributed by atoms with Crippen molar-refractivity contribution in [2.24, 2.45) is 0 Å². The fraction of sp³-hybridized carbons (Fsp3) is 0.214. The van der Waals surface area contributed by atoms with Gasteiger partial charge in [0.05, 0.1) is 23.1 Å². The van der Waals surface area contributed by atoms with Crippen molar-refractivity contribution in [2.75, 3.05) is 0 Å². The first-order valence-corrected chi connectivity index (χ1v) is 7.61. The van der Waals surface area contributed by atoms with Crippen molar-refractivity contribution >= 4 is 40.9 Å². The van der Waals surface area contributed by atoms with Crippen LogP contribution in [0.5, 0.6) is 0 Å². The number of halogens is 2. The number of rotatable bonds is 5. The van der Waals surface area contributed by atoms with Crippen molar-refractivity contribution in [1.82, 2.24) is 5.32 Å². The van der Waals surface area contributed by atoms with Gasteiger partial charge in [0.1, 0.15) is 5.76 Å². The third-order valence-electron chi connectivity index (χ3n) is 2.58. The summed E-state index contributed by atoms with van der Waals surface area (Å²) < 4.78 is 5.16. The molecule has 0 radical (unpaired) electrons. The Labute approximate surface area is 131 Å². The van der Waals surface area contributed by atoms with E-state index in [2.05, 4.69) is 5.32 Å². The lowest BCUT2D eigenvalue weighted by atomic mass is 10.4. The average Bonchev–Trinajstić information content (AvgIpc) is 2.93. The van der Waals surface area contributed by atoms with E-state index in [0.29, 0.717) is 16.6 Å². The third kappa shape index (κ3) is 4.20. The van der Waals surface area contributed by atoms with Crippen LogP contribution in [0.2, 0.25) is 10.0 Å². The van der Waals surface area contributed by atoms with Gasteiger partial charge in [-0.3, -0.25) is 4.79 Å². The number of nitrogens with one attached hydrogen (secondary N) is 1. The summed E-state index contributed by atoms with van der Waals surface area (Å²) >= 11 is 13.4. The van der Waals surface area contributed by atoms with Gasteiger partial charge in [-0.2, -0.15) is 0 Å². The lowest BCUT2D eigenvalue weighted by Crippen LogP contribution is -2.30. The molecule has 0 unspecified atom stereocenters. The fourth-order valence-electron chi connectivity index (χ4n) is 1.54. The number of hydrogen-bond acceptors (Lipinski definition) is 3. The molecule has 1 heterocycles. The summed E-state index contributed by atoms with van der Waals surface area (Å²) in [7, 11) is 0. The summed E-state index contributed by atoms with van der Waals surface area (Å²) in [5.41, 5.74) is 0. The first-order chi connectivity index (χ1) is 9.56. The highest BCUT2D eigenvalue weighted by atomic mass is 35.5. The van der Waals surface area contributed by atoms with E-state index in [1.165, 1.54) is 11.8 Å². The van der Waals surface area contributed by atoms with E-state index in [1.54, 1.807) is 30.5 Å². The van der Waals surface area contributed by atoms with E-state index >= 15 is 0 Å². The Morgan fingerprint density at radius 3 is 2.90 bits per heavy atom. The molecule has 0 fully saturated rings. The zero-order valence-corrected chi connectivity index (χ0v) is 13.1. The topological polar surface area (TPSA) is 42.2 Å². The van der Waals surface area contributed by atoms with E-state index in [0.717, 1.165) is 10.7 Å². The van der Waals surface area contributed by atoms with Gasteiger partial charge in [-0.25, -0.2) is 0 Å². The number of thioether (sulfide) groups is 1. The second kappa shape index (κ2) is 7.07. The number of carbonyl (C=O) groups excluding carboxylic acids is 1. The lowest BCUT2D eigenvalue weighted by Gasteiger charge is -2.12. The highest BCUT2D eigenvalue weighted by Gasteiger charge is 2.16. The quantitative estimate of drug-likeness (QED) is 0.827. The van der Waals surface area contributed by atoms with Crippen LogP contribution in [0.4, 0.5) is 0 Å². The Hall–Kier alpha value is -1.10. The molecule has 0 bridgehead atoms. The molecule has 20 heavy (non-hydrogen) atoms. The van der Waals surface area contributed by atoms with Gasteiger partial charge >= 0.3 is 0 Å². The third-order valence-corrected chi connectivity index (χ3v) is 4.42. The molecule has 0 aliphatic heterocycles. The zero-order valence-electron chi connectivity index (χ0n) is 10.7. The maximum absolute atomic E-state index is 12.0. The van der Waals surface area contributed by atoms with E-state index in [1.807, 2.05) is 13.0 Å². The Morgan fingerprint density at radius 1 is 1.40 bits per heavy atom. The number of benzene rings is 1. The van der Waals surface area contributed by atoms with E-state index in [4.69, 9.17) is 27.6 Å². The van der Waals surface area contributed by atoms with Gasteiger partial charge in [0.2, 0.25) is 5.91 Å². The summed E-state index contributed by atoms with van der Waals surface area (Å²) in [6, 6.07) is 8.79. The first kappa shape index (κ1) is 15.3. The Morgan fingerprint density at radius 2 is 2.20 bits per heavy atom. The minimum Gasteiger partial charge on any atom is -0.467 e. The molecule has 0 spiro atoms. The van der Waals surface area contributed by atoms with Crippen molar-refractivity contribution in [3.63, 3.8) is 0 Å². The number of amides is 1. The van der Waals surface area contributed by atoms with Gasteiger partial charge in [0.15, 0.2) is 0 Å². The molecule has 1 amide bonds. The molecule has 1 N–H and O–H groups in total. The van der Waals surface area contributed by atoms with Crippen LogP contribution in [-0.4, -0.2) is 11.2 Å². The summed E-state index contributed by atoms with van der Waals surface area (Å²) in [6.45, 7) is 2.19. The van der Waals surface area contributed by atoms with Crippen LogP contribution in [0.15, 0.2) is 45.9 Å². The van der Waals surface area contributed by atoms with Gasteiger partial charge in [0, 0.05) is 9.92 Å². The smallest absolute Gasteiger partial charge is 0.233 e. The molecule has 0 saturated carbocycles. The molecular formula is C14H13Cl2NO2S. The van der Waals surface area contributed by atoms with Crippen molar-refractivity contribution in [2.45, 2.75) is 23.6 Å². The SMILES string of the molecule is C[C@@H](Sc1cc(Cl)ccc1Cl)C(=O)NCc1ccco1. The molecule has 6 heteroatoms. The first-order valence-electron chi connectivity index (χ1n) is 5.98. The van der Waals surface area contributed by atoms with E-state index in [-0.39, 0.29) is 11.2 Å². The van der Waals surface area contributed by atoms with Crippen LogP contribution in [0.3, 0.4) is 0 Å². The van der Waals surface area contributed by atoms with Crippen LogP contribution in [-0.2, 0) is 11.3 Å². The van der Waals surface area contributed by atoms with Crippen LogP contribution in [0, 0.1) is 0 Å². The molecule has 1 aromatic carbocycles. The number of furan rings is 1. The van der Waals surface area contributed by atoms with Crippen molar-refractivity contribution in [3.05, 3.63) is 52.4 Å². The number of carbonyl (C=O) groups is 1. The molecule has 106 valence electrons. The Bertz CT molecular complexity index is 587. The highest BCUT2D eigenvalue weighted by Crippen LogP contribution is 2.32. The summed E-state index contributed by atoms with van der Waals surface area (Å²) in [6.07, 6.45) is 1.57. The zero-order chi connectivity index (χ0) is 14.5. The van der Waals surface area contributed by atoms with Crippen molar-refractivity contribution < 1.29 is 9.21 Å². The molecule has 3 nitrogen and oxygen atoms in total. The van der Waals surface area contributed by atoms with E-state index < -0.39 is 0 Å². The summed E-state index contributed by atoms with van der Waals surface area (Å²) in [5.74, 6) is 0.638. The largest absolute Gasteiger partial charge is 0.467 e. The summed E-state index contributed by atoms with van der Waals surface area (Å²) in [4.78, 5) is 12.8. The normalized spacial score (nSPS) is 12.2. The van der Waals surface area contributed by atoms with Gasteiger partial charge in [0.25, 0.3) is 0 Å². The standard InChI is InChI=1S/C14H13Cl2NO2S/c1-9(14(18)17-8-11-3-2-6-19-11)20-13-7-10(15)4-5-12(13)16/h2-7,9H,8H2,1H3,(H,17,18)/t9-/m1/s1. The monoisotopic (exact) mass is 329 g/mol. The van der Waals surface area contributed by atoms with Crippen LogP contribution >= 0.6 is 35.0 Å². The molecule has 2 rings (SSSR count). The van der Waals surface area contributed by atoms with Gasteiger partial charge in [-0.15, -0.1) is 11.8 Å². The Balaban J connectivity index is 1.92. The van der Waals surface area contributed by atoms with E-state index in [9.17, 15) is 4.79 Å². The maximum atomic E-state index is 12.0.